The van der Waals surface area contributed by atoms with Crippen LogP contribution in [-0.2, 0) is 6.42 Å². The van der Waals surface area contributed by atoms with Crippen LogP contribution < -0.4 is 5.32 Å². The molecule has 0 unspecified atom stereocenters. The van der Waals surface area contributed by atoms with E-state index in [0.717, 1.165) is 30.6 Å². The van der Waals surface area contributed by atoms with Crippen molar-refractivity contribution in [2.45, 2.75) is 19.8 Å². The number of benzene rings is 2. The van der Waals surface area contributed by atoms with Gasteiger partial charge in [-0.15, -0.1) is 0 Å². The van der Waals surface area contributed by atoms with Crippen molar-refractivity contribution in [1.82, 2.24) is 14.9 Å². The lowest BCUT2D eigenvalue weighted by Gasteiger charge is -2.12. The van der Waals surface area contributed by atoms with Crippen LogP contribution in [-0.4, -0.2) is 47.2 Å². The van der Waals surface area contributed by atoms with E-state index in [2.05, 4.69) is 20.2 Å². The third-order valence-electron chi connectivity index (χ3n) is 4.64. The molecule has 2 aromatic carbocycles. The van der Waals surface area contributed by atoms with Crippen molar-refractivity contribution >= 4 is 17.4 Å². The summed E-state index contributed by atoms with van der Waals surface area (Å²) < 4.78 is 0. The molecule has 0 bridgehead atoms. The molecule has 0 spiro atoms. The molecule has 0 aliphatic rings. The van der Waals surface area contributed by atoms with Gasteiger partial charge in [0, 0.05) is 16.8 Å². The van der Waals surface area contributed by atoms with Gasteiger partial charge in [0.1, 0.15) is 5.69 Å². The van der Waals surface area contributed by atoms with Gasteiger partial charge in [-0.1, -0.05) is 42.5 Å². The maximum atomic E-state index is 13.0. The van der Waals surface area contributed by atoms with Crippen LogP contribution in [0.15, 0.2) is 60.7 Å². The normalized spacial score (nSPS) is 10.8. The zero-order valence-corrected chi connectivity index (χ0v) is 17.6. The number of aromatic nitrogens is 2. The number of anilines is 1. The molecular weight excluding hydrogens is 376 g/mol. The standard InChI is InChI=1S/C24H26N4O2/c1-17(29)20-13-7-8-14-21(20)27-24(30)22-16-19(12-9-15-28(2)3)25-23(26-22)18-10-5-4-6-11-18/h4-8,10-11,13-14,16H,9,12,15H2,1-3H3,(H,27,30). The summed E-state index contributed by atoms with van der Waals surface area (Å²) >= 11 is 0. The van der Waals surface area contributed by atoms with E-state index in [1.165, 1.54) is 6.92 Å². The van der Waals surface area contributed by atoms with Crippen molar-refractivity contribution in [2.24, 2.45) is 0 Å². The first-order valence-corrected chi connectivity index (χ1v) is 9.93. The van der Waals surface area contributed by atoms with Crippen molar-refractivity contribution < 1.29 is 9.59 Å². The average molecular weight is 402 g/mol. The Balaban J connectivity index is 1.92. The molecular formula is C24H26N4O2. The second-order valence-corrected chi connectivity index (χ2v) is 7.40. The third-order valence-corrected chi connectivity index (χ3v) is 4.64. The van der Waals surface area contributed by atoms with Crippen LogP contribution >= 0.6 is 0 Å². The average Bonchev–Trinajstić information content (AvgIpc) is 2.74. The van der Waals surface area contributed by atoms with Gasteiger partial charge >= 0.3 is 0 Å². The van der Waals surface area contributed by atoms with Crippen LogP contribution in [0, 0.1) is 0 Å². The summed E-state index contributed by atoms with van der Waals surface area (Å²) in [5.41, 5.74) is 2.89. The van der Waals surface area contributed by atoms with Crippen LogP contribution in [0.2, 0.25) is 0 Å². The molecule has 1 heterocycles. The summed E-state index contributed by atoms with van der Waals surface area (Å²) in [6.07, 6.45) is 1.66. The molecule has 1 aromatic heterocycles. The molecule has 0 aliphatic heterocycles. The molecule has 1 N–H and O–H groups in total. The Morgan fingerprint density at radius 1 is 0.967 bits per heavy atom. The minimum absolute atomic E-state index is 0.108. The van der Waals surface area contributed by atoms with Crippen molar-refractivity contribution in [1.29, 1.82) is 0 Å². The van der Waals surface area contributed by atoms with Crippen molar-refractivity contribution in [3.63, 3.8) is 0 Å². The summed E-state index contributed by atoms with van der Waals surface area (Å²) in [6.45, 7) is 2.41. The lowest BCUT2D eigenvalue weighted by molar-refractivity contribution is 0.101. The smallest absolute Gasteiger partial charge is 0.274 e. The molecule has 154 valence electrons. The summed E-state index contributed by atoms with van der Waals surface area (Å²) in [7, 11) is 4.06. The number of hydrogen-bond donors (Lipinski definition) is 1. The molecule has 0 fully saturated rings. The topological polar surface area (TPSA) is 75.2 Å². The highest BCUT2D eigenvalue weighted by atomic mass is 16.2. The Hall–Kier alpha value is -3.38. The molecule has 0 atom stereocenters. The molecule has 6 nitrogen and oxygen atoms in total. The SMILES string of the molecule is CC(=O)c1ccccc1NC(=O)c1cc(CCCN(C)C)nc(-c2ccccc2)n1. The molecule has 0 saturated heterocycles. The fourth-order valence-electron chi connectivity index (χ4n) is 3.12. The molecule has 0 saturated carbocycles. The molecule has 30 heavy (non-hydrogen) atoms. The Morgan fingerprint density at radius 2 is 1.67 bits per heavy atom. The number of Topliss-reactive ketones (excluding diaryl/α,β-unsaturated/α-hetero) is 1. The first kappa shape index (κ1) is 21.3. The van der Waals surface area contributed by atoms with Crippen LogP contribution in [0.1, 0.15) is 39.9 Å². The van der Waals surface area contributed by atoms with E-state index < -0.39 is 0 Å². The van der Waals surface area contributed by atoms with Gasteiger partial charge in [0.2, 0.25) is 0 Å². The number of amides is 1. The first-order chi connectivity index (χ1) is 14.4. The highest BCUT2D eigenvalue weighted by molar-refractivity contribution is 6.08. The maximum Gasteiger partial charge on any atom is 0.274 e. The summed E-state index contributed by atoms with van der Waals surface area (Å²) in [5.74, 6) is 0.0445. The van der Waals surface area contributed by atoms with E-state index in [4.69, 9.17) is 0 Å². The molecule has 1 amide bonds. The summed E-state index contributed by atoms with van der Waals surface area (Å²) in [6, 6.07) is 18.3. The number of ketones is 1. The van der Waals surface area contributed by atoms with Crippen LogP contribution in [0.4, 0.5) is 5.69 Å². The molecule has 0 radical (unpaired) electrons. The third kappa shape index (κ3) is 5.58. The minimum atomic E-state index is -0.364. The second-order valence-electron chi connectivity index (χ2n) is 7.40. The Kier molecular flexibility index (Phi) is 7.03. The van der Waals surface area contributed by atoms with Crippen molar-refractivity contribution in [2.75, 3.05) is 26.0 Å². The van der Waals surface area contributed by atoms with Gasteiger partial charge in [0.25, 0.3) is 5.91 Å². The fourth-order valence-corrected chi connectivity index (χ4v) is 3.12. The molecule has 6 heteroatoms. The zero-order valence-electron chi connectivity index (χ0n) is 17.6. The molecule has 0 aliphatic carbocycles. The number of aryl methyl sites for hydroxylation is 1. The largest absolute Gasteiger partial charge is 0.320 e. The van der Waals surface area contributed by atoms with E-state index in [-0.39, 0.29) is 17.4 Å². The lowest BCUT2D eigenvalue weighted by atomic mass is 10.1. The number of hydrogen-bond acceptors (Lipinski definition) is 5. The van der Waals surface area contributed by atoms with E-state index in [1.54, 1.807) is 30.3 Å². The Labute approximate surface area is 177 Å². The number of rotatable bonds is 8. The van der Waals surface area contributed by atoms with E-state index in [0.29, 0.717) is 17.1 Å². The van der Waals surface area contributed by atoms with Gasteiger partial charge in [-0.3, -0.25) is 9.59 Å². The van der Waals surface area contributed by atoms with Gasteiger partial charge in [-0.25, -0.2) is 9.97 Å². The minimum Gasteiger partial charge on any atom is -0.320 e. The lowest BCUT2D eigenvalue weighted by Crippen LogP contribution is -2.18. The monoisotopic (exact) mass is 402 g/mol. The van der Waals surface area contributed by atoms with E-state index in [1.807, 2.05) is 44.4 Å². The van der Waals surface area contributed by atoms with E-state index in [9.17, 15) is 9.59 Å². The van der Waals surface area contributed by atoms with Gasteiger partial charge in [0.15, 0.2) is 11.6 Å². The number of nitrogens with zero attached hydrogens (tertiary/aromatic N) is 3. The number of nitrogens with one attached hydrogen (secondary N) is 1. The predicted molar refractivity (Wildman–Crippen MR) is 119 cm³/mol. The Morgan fingerprint density at radius 3 is 2.37 bits per heavy atom. The molecule has 3 rings (SSSR count). The number of para-hydroxylation sites is 1. The van der Waals surface area contributed by atoms with Gasteiger partial charge in [-0.2, -0.15) is 0 Å². The van der Waals surface area contributed by atoms with Gasteiger partial charge < -0.3 is 10.2 Å². The summed E-state index contributed by atoms with van der Waals surface area (Å²) in [5, 5.41) is 2.83. The summed E-state index contributed by atoms with van der Waals surface area (Å²) in [4.78, 5) is 36.1. The number of carbonyl (C=O) groups excluding carboxylic acids is 2. The predicted octanol–water partition coefficient (Wildman–Crippen LogP) is 4.09. The zero-order chi connectivity index (χ0) is 21.5. The highest BCUT2D eigenvalue weighted by Crippen LogP contribution is 2.19. The molecule has 3 aromatic rings. The maximum absolute atomic E-state index is 13.0. The Bertz CT molecular complexity index is 1030. The first-order valence-electron chi connectivity index (χ1n) is 9.93. The van der Waals surface area contributed by atoms with Crippen molar-refractivity contribution in [3.8, 4) is 11.4 Å². The highest BCUT2D eigenvalue weighted by Gasteiger charge is 2.16. The van der Waals surface area contributed by atoms with Gasteiger partial charge in [0.05, 0.1) is 5.69 Å². The van der Waals surface area contributed by atoms with Crippen LogP contribution in [0.25, 0.3) is 11.4 Å². The van der Waals surface area contributed by atoms with Crippen molar-refractivity contribution in [3.05, 3.63) is 77.6 Å². The second kappa shape index (κ2) is 9.89. The quantitative estimate of drug-likeness (QED) is 0.574. The number of carbonyl (C=O) groups is 2. The van der Waals surface area contributed by atoms with E-state index >= 15 is 0 Å². The van der Waals surface area contributed by atoms with Crippen LogP contribution in [0.3, 0.4) is 0 Å². The van der Waals surface area contributed by atoms with Crippen LogP contribution in [0.5, 0.6) is 0 Å². The van der Waals surface area contributed by atoms with Gasteiger partial charge in [-0.05, 0) is 58.6 Å². The fraction of sp³-hybridized carbons (Fsp3) is 0.250.